The van der Waals surface area contributed by atoms with Crippen LogP contribution in [0.5, 0.6) is 0 Å². The third-order valence-corrected chi connectivity index (χ3v) is 4.26. The molecule has 2 heteroatoms. The van der Waals surface area contributed by atoms with E-state index in [4.69, 9.17) is 0 Å². The molecule has 0 aromatic heterocycles. The summed E-state index contributed by atoms with van der Waals surface area (Å²) >= 11 is 0. The highest BCUT2D eigenvalue weighted by Gasteiger charge is 2.06. The van der Waals surface area contributed by atoms with Gasteiger partial charge in [0.2, 0.25) is 0 Å². The van der Waals surface area contributed by atoms with Crippen LogP contribution in [0.2, 0.25) is 0 Å². The van der Waals surface area contributed by atoms with Crippen molar-refractivity contribution in [3.63, 3.8) is 0 Å². The molecule has 0 bridgehead atoms. The van der Waals surface area contributed by atoms with Crippen molar-refractivity contribution in [2.24, 2.45) is 0 Å². The summed E-state index contributed by atoms with van der Waals surface area (Å²) in [5, 5.41) is 2.67. The molecular weight excluding hydrogens is 239 g/mol. The van der Waals surface area contributed by atoms with Crippen LogP contribution in [-0.4, -0.2) is 6.29 Å². The third-order valence-electron chi connectivity index (χ3n) is 2.91. The van der Waals surface area contributed by atoms with Gasteiger partial charge < -0.3 is 0 Å². The number of benzene rings is 2. The molecule has 18 heavy (non-hydrogen) atoms. The molecule has 0 N–H and O–H groups in total. The fraction of sp³-hybridized carbons (Fsp3) is 0.188. The molecular formula is C16H17OP. The van der Waals surface area contributed by atoms with Crippen LogP contribution in [0.3, 0.4) is 0 Å². The van der Waals surface area contributed by atoms with Gasteiger partial charge in [0.05, 0.1) is 0 Å². The van der Waals surface area contributed by atoms with Crippen molar-refractivity contribution < 1.29 is 4.79 Å². The van der Waals surface area contributed by atoms with Crippen LogP contribution in [0.1, 0.15) is 35.7 Å². The first-order chi connectivity index (χ1) is 8.70. The maximum atomic E-state index is 10.6. The molecule has 1 nitrogen and oxygen atoms in total. The fourth-order valence-corrected chi connectivity index (χ4v) is 3.26. The number of hydrogen-bond acceptors (Lipinski definition) is 1. The minimum atomic E-state index is 0.544. The van der Waals surface area contributed by atoms with Crippen molar-refractivity contribution in [2.75, 3.05) is 0 Å². The van der Waals surface area contributed by atoms with Crippen LogP contribution in [0.15, 0.2) is 48.5 Å². The van der Waals surface area contributed by atoms with E-state index in [9.17, 15) is 4.79 Å². The van der Waals surface area contributed by atoms with Gasteiger partial charge >= 0.3 is 0 Å². The van der Waals surface area contributed by atoms with E-state index >= 15 is 0 Å². The van der Waals surface area contributed by atoms with Gasteiger partial charge in [0, 0.05) is 5.56 Å². The van der Waals surface area contributed by atoms with Gasteiger partial charge in [-0.3, -0.25) is 4.79 Å². The molecule has 0 saturated carbocycles. The zero-order chi connectivity index (χ0) is 13.0. The summed E-state index contributed by atoms with van der Waals surface area (Å²) in [6, 6.07) is 16.4. The molecule has 0 spiro atoms. The van der Waals surface area contributed by atoms with Crippen molar-refractivity contribution in [3.8, 4) is 0 Å². The topological polar surface area (TPSA) is 17.1 Å². The molecule has 0 aliphatic rings. The van der Waals surface area contributed by atoms with Crippen LogP contribution in [0, 0.1) is 0 Å². The highest BCUT2D eigenvalue weighted by atomic mass is 31.1. The number of carbonyl (C=O) groups is 1. The first kappa shape index (κ1) is 13.0. The van der Waals surface area contributed by atoms with E-state index in [-0.39, 0.29) is 0 Å². The maximum absolute atomic E-state index is 10.6. The average Bonchev–Trinajstić information content (AvgIpc) is 2.40. The minimum Gasteiger partial charge on any atom is -0.298 e. The molecule has 0 aliphatic carbocycles. The van der Waals surface area contributed by atoms with E-state index in [1.54, 1.807) is 0 Å². The lowest BCUT2D eigenvalue weighted by atomic mass is 10.0. The second kappa shape index (κ2) is 5.93. The Hall–Kier alpha value is -1.46. The minimum absolute atomic E-state index is 0.544. The van der Waals surface area contributed by atoms with Gasteiger partial charge in [-0.25, -0.2) is 0 Å². The van der Waals surface area contributed by atoms with E-state index in [1.165, 1.54) is 16.2 Å². The summed E-state index contributed by atoms with van der Waals surface area (Å²) in [6.45, 7) is 4.44. The number of aldehydes is 1. The van der Waals surface area contributed by atoms with Gasteiger partial charge in [-0.2, -0.15) is 0 Å². The SMILES string of the molecule is CC(C)c1ccccc1Pc1ccc(C=O)cc1. The van der Waals surface area contributed by atoms with Crippen LogP contribution < -0.4 is 10.6 Å². The number of rotatable bonds is 4. The van der Waals surface area contributed by atoms with Crippen molar-refractivity contribution in [1.82, 2.24) is 0 Å². The second-order valence-corrected chi connectivity index (χ2v) is 5.97. The zero-order valence-electron chi connectivity index (χ0n) is 10.7. The molecule has 0 radical (unpaired) electrons. The lowest BCUT2D eigenvalue weighted by molar-refractivity contribution is 0.112. The second-order valence-electron chi connectivity index (χ2n) is 4.61. The molecule has 0 saturated heterocycles. The van der Waals surface area contributed by atoms with E-state index in [1.807, 2.05) is 24.3 Å². The summed E-state index contributed by atoms with van der Waals surface area (Å²) in [5.41, 5.74) is 2.15. The Kier molecular flexibility index (Phi) is 4.28. The summed E-state index contributed by atoms with van der Waals surface area (Å²) in [4.78, 5) is 10.6. The van der Waals surface area contributed by atoms with Crippen molar-refractivity contribution in [2.45, 2.75) is 19.8 Å². The van der Waals surface area contributed by atoms with Gasteiger partial charge in [0.1, 0.15) is 6.29 Å². The van der Waals surface area contributed by atoms with E-state index in [2.05, 4.69) is 38.1 Å². The highest BCUT2D eigenvalue weighted by Crippen LogP contribution is 2.19. The van der Waals surface area contributed by atoms with Gasteiger partial charge in [-0.1, -0.05) is 71.0 Å². The Morgan fingerprint density at radius 3 is 2.28 bits per heavy atom. The summed E-state index contributed by atoms with van der Waals surface area (Å²) in [6.07, 6.45) is 0.884. The van der Waals surface area contributed by atoms with Crippen LogP contribution >= 0.6 is 8.58 Å². The van der Waals surface area contributed by atoms with Gasteiger partial charge in [0.25, 0.3) is 0 Å². The maximum Gasteiger partial charge on any atom is 0.150 e. The normalized spacial score (nSPS) is 11.3. The summed E-state index contributed by atoms with van der Waals surface area (Å²) < 4.78 is 0. The molecule has 92 valence electrons. The molecule has 2 aromatic carbocycles. The highest BCUT2D eigenvalue weighted by molar-refractivity contribution is 7.55. The molecule has 0 amide bonds. The number of hydrogen-bond donors (Lipinski definition) is 0. The molecule has 2 aromatic rings. The lowest BCUT2D eigenvalue weighted by Gasteiger charge is -2.12. The Labute approximate surface area is 110 Å². The zero-order valence-corrected chi connectivity index (χ0v) is 11.7. The van der Waals surface area contributed by atoms with E-state index in [0.29, 0.717) is 14.5 Å². The van der Waals surface area contributed by atoms with Gasteiger partial charge in [-0.15, -0.1) is 0 Å². The quantitative estimate of drug-likeness (QED) is 0.606. The monoisotopic (exact) mass is 256 g/mol. The van der Waals surface area contributed by atoms with Crippen LogP contribution in [-0.2, 0) is 0 Å². The summed E-state index contributed by atoms with van der Waals surface area (Å²) in [5.74, 6) is 0.544. The van der Waals surface area contributed by atoms with Crippen LogP contribution in [0.25, 0.3) is 0 Å². The van der Waals surface area contributed by atoms with Crippen molar-refractivity contribution in [3.05, 3.63) is 59.7 Å². The first-order valence-electron chi connectivity index (χ1n) is 6.12. The number of carbonyl (C=O) groups excluding carboxylic acids is 1. The van der Waals surface area contributed by atoms with Crippen molar-refractivity contribution in [1.29, 1.82) is 0 Å². The molecule has 1 atom stereocenters. The van der Waals surface area contributed by atoms with Crippen LogP contribution in [0.4, 0.5) is 0 Å². The first-order valence-corrected chi connectivity index (χ1v) is 7.12. The lowest BCUT2D eigenvalue weighted by Crippen LogP contribution is -2.10. The Morgan fingerprint density at radius 2 is 1.67 bits per heavy atom. The van der Waals surface area contributed by atoms with E-state index < -0.39 is 0 Å². The standard InChI is InChI=1S/C16H17OP/c1-12(2)15-5-3-4-6-16(15)18-14-9-7-13(11-17)8-10-14/h3-12,18H,1-2H3. The summed E-state index contributed by atoms with van der Waals surface area (Å²) in [7, 11) is 0.650. The van der Waals surface area contributed by atoms with Crippen molar-refractivity contribution >= 4 is 25.5 Å². The fourth-order valence-electron chi connectivity index (χ4n) is 1.91. The molecule has 0 fully saturated rings. The van der Waals surface area contributed by atoms with Gasteiger partial charge in [0.15, 0.2) is 0 Å². The molecule has 2 rings (SSSR count). The molecule has 0 aliphatic heterocycles. The third kappa shape index (κ3) is 3.05. The molecule has 1 unspecified atom stereocenters. The predicted molar refractivity (Wildman–Crippen MR) is 79.9 cm³/mol. The smallest absolute Gasteiger partial charge is 0.150 e. The Morgan fingerprint density at radius 1 is 1.00 bits per heavy atom. The Balaban J connectivity index is 2.25. The van der Waals surface area contributed by atoms with Gasteiger partial charge in [-0.05, 0) is 22.1 Å². The molecule has 0 heterocycles. The Bertz CT molecular complexity index is 529. The van der Waals surface area contributed by atoms with E-state index in [0.717, 1.165) is 11.8 Å². The largest absolute Gasteiger partial charge is 0.298 e. The average molecular weight is 256 g/mol. The predicted octanol–water partition coefficient (Wildman–Crippen LogP) is 3.25.